The topological polar surface area (TPSA) is 83.1 Å². The normalized spacial score (nSPS) is 10.3. The van der Waals surface area contributed by atoms with E-state index in [1.165, 1.54) is 18.2 Å². The van der Waals surface area contributed by atoms with E-state index in [1.54, 1.807) is 35.0 Å². The fraction of sp³-hybridized carbons (Fsp3) is 0.417. The second-order valence-corrected chi connectivity index (χ2v) is 7.74. The van der Waals surface area contributed by atoms with Crippen LogP contribution in [0.5, 0.6) is 11.5 Å². The van der Waals surface area contributed by atoms with Gasteiger partial charge in [-0.05, 0) is 45.4 Å². The molecule has 170 valence electrons. The van der Waals surface area contributed by atoms with Crippen LogP contribution in [0.3, 0.4) is 0 Å². The smallest absolute Gasteiger partial charge is 0.408 e. The van der Waals surface area contributed by atoms with Crippen molar-refractivity contribution in [2.45, 2.75) is 39.7 Å². The molecule has 0 aliphatic rings. The summed E-state index contributed by atoms with van der Waals surface area (Å²) >= 11 is 0. The molecule has 0 bridgehead atoms. The van der Waals surface area contributed by atoms with Crippen LogP contribution in [-0.2, 0) is 20.7 Å². The second-order valence-electron chi connectivity index (χ2n) is 7.74. The highest BCUT2D eigenvalue weighted by Gasteiger charge is 2.16. The first-order valence-electron chi connectivity index (χ1n) is 9.88. The number of alkyl carbamates (subject to hydrolysis) is 1. The lowest BCUT2D eigenvalue weighted by molar-refractivity contribution is -0.139. The van der Waals surface area contributed by atoms with E-state index in [-0.39, 0.29) is 6.54 Å². The standard InChI is InChI=1S/C16H18O2.C8H15NO4/c1-12-6-4-7-13(10-12)11-14-15(17-2)8-5-9-16(14)18-3;1-8(2,3)13-7(11)9-5-6(10)12-4/h4-10H,11H2,1-3H3;5H2,1-4H3,(H,9,11). The molecule has 31 heavy (non-hydrogen) atoms. The summed E-state index contributed by atoms with van der Waals surface area (Å²) < 4.78 is 20.0. The van der Waals surface area contributed by atoms with E-state index in [4.69, 9.17) is 14.2 Å². The van der Waals surface area contributed by atoms with Crippen LogP contribution in [0.4, 0.5) is 4.79 Å². The lowest BCUT2D eigenvalue weighted by Crippen LogP contribution is -2.35. The number of carbonyl (C=O) groups excluding carboxylic acids is 2. The Balaban J connectivity index is 0.000000330. The first-order valence-corrected chi connectivity index (χ1v) is 9.88. The summed E-state index contributed by atoms with van der Waals surface area (Å²) in [6.07, 6.45) is 0.187. The Morgan fingerprint density at radius 1 is 0.935 bits per heavy atom. The maximum absolute atomic E-state index is 10.9. The lowest BCUT2D eigenvalue weighted by Gasteiger charge is -2.19. The first-order chi connectivity index (χ1) is 14.6. The van der Waals surface area contributed by atoms with Crippen LogP contribution in [0.1, 0.15) is 37.5 Å². The van der Waals surface area contributed by atoms with Crippen LogP contribution in [0.15, 0.2) is 42.5 Å². The molecule has 1 amide bonds. The summed E-state index contributed by atoms with van der Waals surface area (Å²) in [5, 5.41) is 2.25. The first kappa shape index (κ1) is 25.8. The van der Waals surface area contributed by atoms with Gasteiger partial charge in [0.05, 0.1) is 21.3 Å². The Kier molecular flexibility index (Phi) is 10.4. The molecule has 0 aromatic heterocycles. The summed E-state index contributed by atoms with van der Waals surface area (Å²) in [5.74, 6) is 1.23. The predicted molar refractivity (Wildman–Crippen MR) is 120 cm³/mol. The van der Waals surface area contributed by atoms with E-state index in [2.05, 4.69) is 41.2 Å². The number of hydrogen-bond donors (Lipinski definition) is 1. The van der Waals surface area contributed by atoms with E-state index in [0.717, 1.165) is 23.5 Å². The van der Waals surface area contributed by atoms with Crippen LogP contribution >= 0.6 is 0 Å². The highest BCUT2D eigenvalue weighted by atomic mass is 16.6. The molecule has 0 aliphatic heterocycles. The molecule has 0 radical (unpaired) electrons. The monoisotopic (exact) mass is 431 g/mol. The number of esters is 1. The van der Waals surface area contributed by atoms with Crippen LogP contribution in [0.2, 0.25) is 0 Å². The second kappa shape index (κ2) is 12.5. The lowest BCUT2D eigenvalue weighted by atomic mass is 10.0. The average Bonchev–Trinajstić information content (AvgIpc) is 2.71. The summed E-state index contributed by atoms with van der Waals surface area (Å²) in [4.78, 5) is 21.5. The van der Waals surface area contributed by atoms with E-state index >= 15 is 0 Å². The Morgan fingerprint density at radius 2 is 1.52 bits per heavy atom. The average molecular weight is 432 g/mol. The summed E-state index contributed by atoms with van der Waals surface area (Å²) in [5.41, 5.74) is 3.06. The molecule has 7 heteroatoms. The third-order valence-electron chi connectivity index (χ3n) is 4.00. The third-order valence-corrected chi connectivity index (χ3v) is 4.00. The van der Waals surface area contributed by atoms with Crippen molar-refractivity contribution >= 4 is 12.1 Å². The van der Waals surface area contributed by atoms with Gasteiger partial charge in [0, 0.05) is 12.0 Å². The van der Waals surface area contributed by atoms with Gasteiger partial charge >= 0.3 is 12.1 Å². The molecule has 2 aromatic carbocycles. The molecular weight excluding hydrogens is 398 g/mol. The minimum atomic E-state index is -0.627. The van der Waals surface area contributed by atoms with Gasteiger partial charge in [0.2, 0.25) is 0 Å². The molecule has 0 saturated carbocycles. The van der Waals surface area contributed by atoms with E-state index < -0.39 is 17.7 Å². The van der Waals surface area contributed by atoms with Gasteiger partial charge < -0.3 is 24.3 Å². The molecule has 0 spiro atoms. The summed E-state index contributed by atoms with van der Waals surface area (Å²) in [6, 6.07) is 14.4. The van der Waals surface area contributed by atoms with Gasteiger partial charge in [0.15, 0.2) is 0 Å². The number of nitrogens with one attached hydrogen (secondary N) is 1. The quantitative estimate of drug-likeness (QED) is 0.687. The molecule has 0 heterocycles. The number of rotatable bonds is 6. The molecule has 7 nitrogen and oxygen atoms in total. The molecule has 1 N–H and O–H groups in total. The fourth-order valence-corrected chi connectivity index (χ4v) is 2.66. The van der Waals surface area contributed by atoms with Crippen LogP contribution in [0, 0.1) is 6.92 Å². The van der Waals surface area contributed by atoms with Crippen molar-refractivity contribution in [2.24, 2.45) is 0 Å². The Hall–Kier alpha value is -3.22. The van der Waals surface area contributed by atoms with Gasteiger partial charge in [0.1, 0.15) is 23.6 Å². The van der Waals surface area contributed by atoms with E-state index in [0.29, 0.717) is 0 Å². The molecular formula is C24H33NO6. The molecule has 0 fully saturated rings. The van der Waals surface area contributed by atoms with Crippen molar-refractivity contribution in [3.8, 4) is 11.5 Å². The summed E-state index contributed by atoms with van der Waals surface area (Å²) in [6.45, 7) is 7.15. The van der Waals surface area contributed by atoms with E-state index in [9.17, 15) is 9.59 Å². The van der Waals surface area contributed by atoms with Gasteiger partial charge in [-0.2, -0.15) is 0 Å². The zero-order valence-electron chi connectivity index (χ0n) is 19.4. The molecule has 2 rings (SSSR count). The summed E-state index contributed by atoms with van der Waals surface area (Å²) in [7, 11) is 4.63. The SMILES string of the molecule is COC(=O)CNC(=O)OC(C)(C)C.COc1cccc(OC)c1Cc1cccc(C)c1. The van der Waals surface area contributed by atoms with Crippen molar-refractivity contribution in [3.63, 3.8) is 0 Å². The number of ether oxygens (including phenoxy) is 4. The van der Waals surface area contributed by atoms with Crippen LogP contribution in [0.25, 0.3) is 0 Å². The van der Waals surface area contributed by atoms with Crippen LogP contribution in [-0.4, -0.2) is 45.5 Å². The fourth-order valence-electron chi connectivity index (χ4n) is 2.66. The number of aryl methyl sites for hydroxylation is 1. The maximum atomic E-state index is 10.9. The zero-order valence-corrected chi connectivity index (χ0v) is 19.4. The van der Waals surface area contributed by atoms with Crippen molar-refractivity contribution in [2.75, 3.05) is 27.9 Å². The van der Waals surface area contributed by atoms with Gasteiger partial charge in [-0.3, -0.25) is 4.79 Å². The predicted octanol–water partition coefficient (Wildman–Crippen LogP) is 4.29. The van der Waals surface area contributed by atoms with Gasteiger partial charge in [0.25, 0.3) is 0 Å². The van der Waals surface area contributed by atoms with Gasteiger partial charge in [-0.25, -0.2) is 4.79 Å². The minimum absolute atomic E-state index is 0.175. The number of benzene rings is 2. The third kappa shape index (κ3) is 9.89. The minimum Gasteiger partial charge on any atom is -0.496 e. The number of methoxy groups -OCH3 is 3. The van der Waals surface area contributed by atoms with Crippen molar-refractivity contribution in [1.82, 2.24) is 5.32 Å². The largest absolute Gasteiger partial charge is 0.496 e. The molecule has 0 aliphatic carbocycles. The number of hydrogen-bond acceptors (Lipinski definition) is 6. The van der Waals surface area contributed by atoms with Crippen LogP contribution < -0.4 is 14.8 Å². The highest BCUT2D eigenvalue weighted by molar-refractivity contribution is 5.77. The Bertz CT molecular complexity index is 835. The Labute approximate surface area is 184 Å². The van der Waals surface area contributed by atoms with Gasteiger partial charge in [-0.15, -0.1) is 0 Å². The van der Waals surface area contributed by atoms with E-state index in [1.807, 2.05) is 18.2 Å². The molecule has 0 saturated heterocycles. The van der Waals surface area contributed by atoms with Crippen molar-refractivity contribution in [3.05, 3.63) is 59.2 Å². The molecule has 0 atom stereocenters. The molecule has 2 aromatic rings. The number of carbonyl (C=O) groups is 2. The highest BCUT2D eigenvalue weighted by Crippen LogP contribution is 2.30. The number of amides is 1. The van der Waals surface area contributed by atoms with Crippen molar-refractivity contribution in [1.29, 1.82) is 0 Å². The van der Waals surface area contributed by atoms with Gasteiger partial charge in [-0.1, -0.05) is 35.9 Å². The molecule has 0 unspecified atom stereocenters. The van der Waals surface area contributed by atoms with Crippen molar-refractivity contribution < 1.29 is 28.5 Å². The maximum Gasteiger partial charge on any atom is 0.408 e. The Morgan fingerprint density at radius 3 is 2.00 bits per heavy atom. The zero-order chi connectivity index (χ0) is 23.4.